The number of fused-ring (bicyclic) bond motifs is 1. The SMILES string of the molecule is O=C(OCc1cc(-c2cccs2)on1)c1ccc(S(=O)(=O)N2CCCc3ccccc32)cc1. The number of nitrogens with zero attached hydrogens (tertiary/aromatic N) is 2. The number of ether oxygens (including phenoxy) is 1. The van der Waals surface area contributed by atoms with Crippen LogP contribution in [0.15, 0.2) is 81.5 Å². The van der Waals surface area contributed by atoms with E-state index in [1.807, 2.05) is 41.8 Å². The second-order valence-corrected chi connectivity index (χ2v) is 10.4. The Hall–Kier alpha value is -3.43. The molecule has 1 aliphatic rings. The van der Waals surface area contributed by atoms with Crippen molar-refractivity contribution in [3.05, 3.63) is 88.9 Å². The molecule has 7 nitrogen and oxygen atoms in total. The van der Waals surface area contributed by atoms with Crippen LogP contribution in [0.2, 0.25) is 0 Å². The molecule has 9 heteroatoms. The van der Waals surface area contributed by atoms with Crippen molar-refractivity contribution >= 4 is 33.0 Å². The van der Waals surface area contributed by atoms with Crippen LogP contribution in [0.25, 0.3) is 10.6 Å². The Bertz CT molecular complexity index is 1380. The van der Waals surface area contributed by atoms with Crippen molar-refractivity contribution in [1.29, 1.82) is 0 Å². The summed E-state index contributed by atoms with van der Waals surface area (Å²) in [6.45, 7) is 0.382. The molecule has 4 aromatic rings. The maximum atomic E-state index is 13.2. The average Bonchev–Trinajstić information content (AvgIpc) is 3.54. The number of carbonyl (C=O) groups excluding carboxylic acids is 1. The van der Waals surface area contributed by atoms with E-state index in [9.17, 15) is 13.2 Å². The second kappa shape index (κ2) is 8.84. The van der Waals surface area contributed by atoms with Gasteiger partial charge in [-0.15, -0.1) is 11.3 Å². The maximum absolute atomic E-state index is 13.2. The molecule has 5 rings (SSSR count). The van der Waals surface area contributed by atoms with E-state index in [0.29, 0.717) is 23.7 Å². The first kappa shape index (κ1) is 21.4. The number of sulfonamides is 1. The zero-order valence-corrected chi connectivity index (χ0v) is 19.1. The van der Waals surface area contributed by atoms with Gasteiger partial charge in [0.1, 0.15) is 12.3 Å². The summed E-state index contributed by atoms with van der Waals surface area (Å²) in [5, 5.41) is 5.86. The van der Waals surface area contributed by atoms with Gasteiger partial charge >= 0.3 is 5.97 Å². The summed E-state index contributed by atoms with van der Waals surface area (Å²) in [6.07, 6.45) is 1.62. The van der Waals surface area contributed by atoms with E-state index in [0.717, 1.165) is 23.3 Å². The van der Waals surface area contributed by atoms with Crippen molar-refractivity contribution < 1.29 is 22.5 Å². The molecule has 0 bridgehead atoms. The lowest BCUT2D eigenvalue weighted by atomic mass is 10.0. The van der Waals surface area contributed by atoms with Gasteiger partial charge in [-0.05, 0) is 60.2 Å². The number of esters is 1. The molecule has 0 radical (unpaired) electrons. The van der Waals surface area contributed by atoms with Crippen LogP contribution in [0.1, 0.15) is 28.0 Å². The Morgan fingerprint density at radius 3 is 2.70 bits per heavy atom. The summed E-state index contributed by atoms with van der Waals surface area (Å²) in [5.74, 6) is 0.0489. The molecule has 0 aliphatic carbocycles. The molecule has 0 N–H and O–H groups in total. The molecule has 0 atom stereocenters. The van der Waals surface area contributed by atoms with Gasteiger partial charge in [-0.1, -0.05) is 29.4 Å². The van der Waals surface area contributed by atoms with E-state index in [1.54, 1.807) is 6.07 Å². The Morgan fingerprint density at radius 1 is 1.09 bits per heavy atom. The van der Waals surface area contributed by atoms with E-state index in [2.05, 4.69) is 5.16 Å². The van der Waals surface area contributed by atoms with Crippen LogP contribution < -0.4 is 4.31 Å². The van der Waals surface area contributed by atoms with Gasteiger partial charge in [-0.25, -0.2) is 13.2 Å². The summed E-state index contributed by atoms with van der Waals surface area (Å²) in [6, 6.07) is 18.9. The number of benzene rings is 2. The monoisotopic (exact) mass is 480 g/mol. The third kappa shape index (κ3) is 4.29. The third-order valence-electron chi connectivity index (χ3n) is 5.42. The van der Waals surface area contributed by atoms with E-state index in [4.69, 9.17) is 9.26 Å². The van der Waals surface area contributed by atoms with E-state index < -0.39 is 16.0 Å². The number of hydrogen-bond acceptors (Lipinski definition) is 7. The van der Waals surface area contributed by atoms with Gasteiger partial charge < -0.3 is 9.26 Å². The predicted octanol–water partition coefficient (Wildman–Crippen LogP) is 4.90. The number of rotatable bonds is 6. The van der Waals surface area contributed by atoms with Crippen LogP contribution in [-0.2, 0) is 27.8 Å². The summed E-state index contributed by atoms with van der Waals surface area (Å²) in [5.41, 5.74) is 2.48. The van der Waals surface area contributed by atoms with Gasteiger partial charge in [0, 0.05) is 12.6 Å². The predicted molar refractivity (Wildman–Crippen MR) is 125 cm³/mol. The molecule has 2 aromatic heterocycles. The number of aromatic nitrogens is 1. The minimum absolute atomic E-state index is 0.0433. The molecule has 0 amide bonds. The van der Waals surface area contributed by atoms with E-state index >= 15 is 0 Å². The first-order valence-electron chi connectivity index (χ1n) is 10.4. The van der Waals surface area contributed by atoms with Crippen molar-refractivity contribution in [2.75, 3.05) is 10.8 Å². The second-order valence-electron chi connectivity index (χ2n) is 7.57. The van der Waals surface area contributed by atoms with Crippen LogP contribution in [0.5, 0.6) is 0 Å². The molecular formula is C24H20N2O5S2. The van der Waals surface area contributed by atoms with Crippen molar-refractivity contribution in [2.24, 2.45) is 0 Å². The fourth-order valence-electron chi connectivity index (χ4n) is 3.78. The number of para-hydroxylation sites is 1. The van der Waals surface area contributed by atoms with Crippen molar-refractivity contribution in [1.82, 2.24) is 5.16 Å². The molecule has 3 heterocycles. The normalized spacial score (nSPS) is 13.5. The van der Waals surface area contributed by atoms with Crippen molar-refractivity contribution in [2.45, 2.75) is 24.3 Å². The number of carbonyl (C=O) groups is 1. The maximum Gasteiger partial charge on any atom is 0.338 e. The molecule has 0 spiro atoms. The fraction of sp³-hybridized carbons (Fsp3) is 0.167. The lowest BCUT2D eigenvalue weighted by Crippen LogP contribution is -2.35. The smallest absolute Gasteiger partial charge is 0.338 e. The zero-order chi connectivity index (χ0) is 22.8. The van der Waals surface area contributed by atoms with Gasteiger partial charge in [0.15, 0.2) is 5.76 Å². The van der Waals surface area contributed by atoms with Crippen molar-refractivity contribution in [3.8, 4) is 10.6 Å². The van der Waals surface area contributed by atoms with E-state index in [-0.39, 0.29) is 17.1 Å². The van der Waals surface area contributed by atoms with E-state index in [1.165, 1.54) is 39.9 Å². The standard InChI is InChI=1S/C24H20N2O5S2/c27-24(30-16-19-15-22(31-25-19)23-8-4-14-32-23)18-9-11-20(12-10-18)33(28,29)26-13-3-6-17-5-1-2-7-21(17)26/h1-2,4-5,7-12,14-15H,3,6,13,16H2. The summed E-state index contributed by atoms with van der Waals surface area (Å²) in [4.78, 5) is 13.5. The average molecular weight is 481 g/mol. The first-order valence-corrected chi connectivity index (χ1v) is 12.7. The number of hydrogen-bond donors (Lipinski definition) is 0. The molecule has 168 valence electrons. The molecular weight excluding hydrogens is 460 g/mol. The van der Waals surface area contributed by atoms with Crippen LogP contribution in [0.4, 0.5) is 5.69 Å². The van der Waals surface area contributed by atoms with Crippen LogP contribution >= 0.6 is 11.3 Å². The minimum atomic E-state index is -3.73. The Kier molecular flexibility index (Phi) is 5.74. The quantitative estimate of drug-likeness (QED) is 0.365. The molecule has 0 unspecified atom stereocenters. The molecule has 0 saturated carbocycles. The third-order valence-corrected chi connectivity index (χ3v) is 8.13. The van der Waals surface area contributed by atoms with Gasteiger partial charge in [-0.2, -0.15) is 0 Å². The largest absolute Gasteiger partial charge is 0.455 e. The van der Waals surface area contributed by atoms with Gasteiger partial charge in [0.05, 0.1) is 21.0 Å². The summed E-state index contributed by atoms with van der Waals surface area (Å²) >= 11 is 1.53. The highest BCUT2D eigenvalue weighted by atomic mass is 32.2. The zero-order valence-electron chi connectivity index (χ0n) is 17.5. The van der Waals surface area contributed by atoms with Gasteiger partial charge in [0.25, 0.3) is 10.0 Å². The highest BCUT2D eigenvalue weighted by Gasteiger charge is 2.29. The number of anilines is 1. The lowest BCUT2D eigenvalue weighted by Gasteiger charge is -2.30. The number of thiophene rings is 1. The van der Waals surface area contributed by atoms with Gasteiger partial charge in [0.2, 0.25) is 0 Å². The van der Waals surface area contributed by atoms with Crippen molar-refractivity contribution in [3.63, 3.8) is 0 Å². The molecule has 33 heavy (non-hydrogen) atoms. The topological polar surface area (TPSA) is 89.7 Å². The van der Waals surface area contributed by atoms with Crippen LogP contribution in [0.3, 0.4) is 0 Å². The minimum Gasteiger partial charge on any atom is -0.455 e. The van der Waals surface area contributed by atoms with Crippen LogP contribution in [0, 0.1) is 0 Å². The lowest BCUT2D eigenvalue weighted by molar-refractivity contribution is 0.0464. The molecule has 2 aromatic carbocycles. The summed E-state index contributed by atoms with van der Waals surface area (Å²) in [7, 11) is -3.73. The Balaban J connectivity index is 1.27. The van der Waals surface area contributed by atoms with Gasteiger partial charge in [-0.3, -0.25) is 4.31 Å². The Morgan fingerprint density at radius 2 is 1.91 bits per heavy atom. The molecule has 0 saturated heterocycles. The highest BCUT2D eigenvalue weighted by Crippen LogP contribution is 2.32. The Labute approximate surface area is 195 Å². The fourth-order valence-corrected chi connectivity index (χ4v) is 5.99. The van der Waals surface area contributed by atoms with Crippen LogP contribution in [-0.4, -0.2) is 26.1 Å². The summed E-state index contributed by atoms with van der Waals surface area (Å²) < 4.78 is 38.5. The molecule has 1 aliphatic heterocycles. The molecule has 0 fully saturated rings. The number of aryl methyl sites for hydroxylation is 1. The first-order chi connectivity index (χ1) is 16.0. The highest BCUT2D eigenvalue weighted by molar-refractivity contribution is 7.92.